The molecule has 0 aromatic rings. The Morgan fingerprint density at radius 3 is 2.17 bits per heavy atom. The zero-order chi connectivity index (χ0) is 14.5. The predicted molar refractivity (Wildman–Crippen MR) is 71.3 cm³/mol. The SMILES string of the molecule is CCOC(=O)[C@H](N[S@@](=O)C(C)(C)C)[C@@H](C)C(C)=O. The molecular weight excluding hydrogens is 254 g/mol. The normalized spacial score (nSPS) is 16.8. The first-order chi connectivity index (χ1) is 8.11. The van der Waals surface area contributed by atoms with E-state index in [-0.39, 0.29) is 12.4 Å². The second kappa shape index (κ2) is 6.99. The summed E-state index contributed by atoms with van der Waals surface area (Å²) in [5.41, 5.74) is 0. The molecule has 0 aromatic carbocycles. The number of carbonyl (C=O) groups excluding carboxylic acids is 2. The molecule has 106 valence electrons. The summed E-state index contributed by atoms with van der Waals surface area (Å²) in [5.74, 6) is -1.26. The molecule has 0 unspecified atom stereocenters. The summed E-state index contributed by atoms with van der Waals surface area (Å²) in [6, 6.07) is -0.873. The maximum Gasteiger partial charge on any atom is 0.324 e. The highest BCUT2D eigenvalue weighted by atomic mass is 32.2. The van der Waals surface area contributed by atoms with Crippen molar-refractivity contribution in [2.75, 3.05) is 6.61 Å². The first-order valence-electron chi connectivity index (χ1n) is 5.96. The number of rotatable bonds is 6. The van der Waals surface area contributed by atoms with Gasteiger partial charge in [-0.05, 0) is 34.6 Å². The molecular formula is C12H23NO4S. The van der Waals surface area contributed by atoms with Crippen molar-refractivity contribution in [3.05, 3.63) is 0 Å². The number of esters is 1. The average molecular weight is 277 g/mol. The van der Waals surface area contributed by atoms with Crippen LogP contribution in [0.4, 0.5) is 0 Å². The number of hydrogen-bond donors (Lipinski definition) is 1. The van der Waals surface area contributed by atoms with Crippen LogP contribution >= 0.6 is 0 Å². The first kappa shape index (κ1) is 17.2. The Hall–Kier alpha value is -0.750. The van der Waals surface area contributed by atoms with Gasteiger partial charge in [0, 0.05) is 5.92 Å². The molecule has 0 fully saturated rings. The lowest BCUT2D eigenvalue weighted by atomic mass is 9.99. The van der Waals surface area contributed by atoms with E-state index in [0.717, 1.165) is 0 Å². The van der Waals surface area contributed by atoms with Crippen molar-refractivity contribution in [3.8, 4) is 0 Å². The van der Waals surface area contributed by atoms with Gasteiger partial charge in [-0.3, -0.25) is 9.59 Å². The maximum absolute atomic E-state index is 12.0. The topological polar surface area (TPSA) is 72.5 Å². The summed E-state index contributed by atoms with van der Waals surface area (Å²) in [7, 11) is -1.43. The fraction of sp³-hybridized carbons (Fsp3) is 0.833. The third kappa shape index (κ3) is 5.27. The minimum atomic E-state index is -1.43. The van der Waals surface area contributed by atoms with Gasteiger partial charge < -0.3 is 4.74 Å². The summed E-state index contributed by atoms with van der Waals surface area (Å²) < 4.78 is 19.1. The molecule has 6 heteroatoms. The van der Waals surface area contributed by atoms with Crippen molar-refractivity contribution in [3.63, 3.8) is 0 Å². The van der Waals surface area contributed by atoms with Crippen LogP contribution in [0.15, 0.2) is 0 Å². The lowest BCUT2D eigenvalue weighted by molar-refractivity contribution is -0.148. The predicted octanol–water partition coefficient (Wildman–Crippen LogP) is 1.19. The van der Waals surface area contributed by atoms with Gasteiger partial charge in [0.2, 0.25) is 0 Å². The smallest absolute Gasteiger partial charge is 0.324 e. The third-order valence-electron chi connectivity index (χ3n) is 2.47. The van der Waals surface area contributed by atoms with Crippen LogP contribution in [0.1, 0.15) is 41.5 Å². The molecule has 0 saturated heterocycles. The zero-order valence-corrected chi connectivity index (χ0v) is 12.7. The van der Waals surface area contributed by atoms with Gasteiger partial charge in [-0.2, -0.15) is 0 Å². The minimum absolute atomic E-state index is 0.147. The van der Waals surface area contributed by atoms with Crippen molar-refractivity contribution in [1.29, 1.82) is 0 Å². The molecule has 0 aliphatic heterocycles. The third-order valence-corrected chi connectivity index (χ3v) is 4.05. The Kier molecular flexibility index (Phi) is 6.70. The van der Waals surface area contributed by atoms with E-state index in [1.807, 2.05) is 0 Å². The van der Waals surface area contributed by atoms with Crippen LogP contribution < -0.4 is 4.72 Å². The second-order valence-electron chi connectivity index (χ2n) is 5.13. The summed E-state index contributed by atoms with van der Waals surface area (Å²) in [6.07, 6.45) is 0. The second-order valence-corrected chi connectivity index (χ2v) is 7.13. The van der Waals surface area contributed by atoms with Crippen LogP contribution in [-0.4, -0.2) is 33.4 Å². The van der Waals surface area contributed by atoms with Crippen LogP contribution in [-0.2, 0) is 25.3 Å². The highest BCUT2D eigenvalue weighted by molar-refractivity contribution is 7.84. The molecule has 1 N–H and O–H groups in total. The number of hydrogen-bond acceptors (Lipinski definition) is 4. The Labute approximate surface area is 111 Å². The Morgan fingerprint density at radius 1 is 1.33 bits per heavy atom. The van der Waals surface area contributed by atoms with E-state index >= 15 is 0 Å². The zero-order valence-electron chi connectivity index (χ0n) is 11.9. The van der Waals surface area contributed by atoms with Gasteiger partial charge in [0.15, 0.2) is 0 Å². The van der Waals surface area contributed by atoms with Crippen molar-refractivity contribution in [2.45, 2.75) is 52.3 Å². The largest absolute Gasteiger partial charge is 0.465 e. The van der Waals surface area contributed by atoms with Gasteiger partial charge in [-0.25, -0.2) is 8.93 Å². The molecule has 0 aromatic heterocycles. The lowest BCUT2D eigenvalue weighted by Crippen LogP contribution is -2.49. The fourth-order valence-corrected chi connectivity index (χ4v) is 2.00. The molecule has 5 nitrogen and oxygen atoms in total. The first-order valence-corrected chi connectivity index (χ1v) is 7.11. The van der Waals surface area contributed by atoms with Crippen LogP contribution in [0.25, 0.3) is 0 Å². The summed E-state index contributed by atoms with van der Waals surface area (Å²) in [6.45, 7) is 10.3. The standard InChI is InChI=1S/C12H23NO4S/c1-7-17-11(15)10(8(2)9(3)14)13-18(16)12(4,5)6/h8,10,13H,7H2,1-6H3/t8-,10+,18-/m0/s1. The molecule has 3 atom stereocenters. The van der Waals surface area contributed by atoms with E-state index in [0.29, 0.717) is 0 Å². The molecule has 0 rings (SSSR count). The van der Waals surface area contributed by atoms with Crippen molar-refractivity contribution < 1.29 is 18.5 Å². The van der Waals surface area contributed by atoms with E-state index in [9.17, 15) is 13.8 Å². The number of Topliss-reactive ketones (excluding diaryl/α,β-unsaturated/α-hetero) is 1. The van der Waals surface area contributed by atoms with Gasteiger partial charge >= 0.3 is 5.97 Å². The fourth-order valence-electron chi connectivity index (χ4n) is 1.11. The average Bonchev–Trinajstić information content (AvgIpc) is 2.23. The van der Waals surface area contributed by atoms with E-state index in [1.165, 1.54) is 6.92 Å². The molecule has 18 heavy (non-hydrogen) atoms. The molecule has 0 heterocycles. The van der Waals surface area contributed by atoms with Crippen molar-refractivity contribution in [2.24, 2.45) is 5.92 Å². The van der Waals surface area contributed by atoms with Crippen LogP contribution in [0.2, 0.25) is 0 Å². The molecule has 0 aliphatic rings. The van der Waals surface area contributed by atoms with Gasteiger partial charge in [0.25, 0.3) is 0 Å². The molecule has 0 amide bonds. The van der Waals surface area contributed by atoms with Crippen molar-refractivity contribution >= 4 is 22.7 Å². The van der Waals surface area contributed by atoms with Crippen LogP contribution in [0, 0.1) is 5.92 Å². The number of ether oxygens (including phenoxy) is 1. The Morgan fingerprint density at radius 2 is 1.83 bits per heavy atom. The highest BCUT2D eigenvalue weighted by Crippen LogP contribution is 2.13. The Bertz CT molecular complexity index is 335. The minimum Gasteiger partial charge on any atom is -0.465 e. The molecule has 0 bridgehead atoms. The van der Waals surface area contributed by atoms with Crippen LogP contribution in [0.5, 0.6) is 0 Å². The number of nitrogens with one attached hydrogen (secondary N) is 1. The van der Waals surface area contributed by atoms with E-state index in [4.69, 9.17) is 4.74 Å². The Balaban J connectivity index is 4.94. The van der Waals surface area contributed by atoms with E-state index in [1.54, 1.807) is 34.6 Å². The maximum atomic E-state index is 12.0. The van der Waals surface area contributed by atoms with E-state index < -0.39 is 33.7 Å². The quantitative estimate of drug-likeness (QED) is 0.740. The van der Waals surface area contributed by atoms with Gasteiger partial charge in [0.05, 0.1) is 22.3 Å². The molecule has 0 aliphatic carbocycles. The van der Waals surface area contributed by atoms with Gasteiger partial charge in [-0.1, -0.05) is 6.92 Å². The lowest BCUT2D eigenvalue weighted by Gasteiger charge is -2.25. The number of carbonyl (C=O) groups is 2. The van der Waals surface area contributed by atoms with Crippen molar-refractivity contribution in [1.82, 2.24) is 4.72 Å². The van der Waals surface area contributed by atoms with Gasteiger partial charge in [-0.15, -0.1) is 0 Å². The highest BCUT2D eigenvalue weighted by Gasteiger charge is 2.33. The monoisotopic (exact) mass is 277 g/mol. The van der Waals surface area contributed by atoms with Gasteiger partial charge in [0.1, 0.15) is 11.8 Å². The molecule has 0 radical (unpaired) electrons. The number of ketones is 1. The summed E-state index contributed by atoms with van der Waals surface area (Å²) >= 11 is 0. The van der Waals surface area contributed by atoms with E-state index in [2.05, 4.69) is 4.72 Å². The van der Waals surface area contributed by atoms with Crippen LogP contribution in [0.3, 0.4) is 0 Å². The molecule has 0 spiro atoms. The summed E-state index contributed by atoms with van der Waals surface area (Å²) in [4.78, 5) is 23.2. The summed E-state index contributed by atoms with van der Waals surface area (Å²) in [5, 5.41) is 0. The molecule has 0 saturated carbocycles.